The van der Waals surface area contributed by atoms with Gasteiger partial charge in [-0.05, 0) is 29.8 Å². The van der Waals surface area contributed by atoms with E-state index in [1.54, 1.807) is 18.2 Å². The molecule has 2 aromatic heterocycles. The van der Waals surface area contributed by atoms with Crippen LogP contribution in [0, 0.1) is 0 Å². The quantitative estimate of drug-likeness (QED) is 0.760. The van der Waals surface area contributed by atoms with Gasteiger partial charge in [0.1, 0.15) is 16.2 Å². The van der Waals surface area contributed by atoms with Crippen LogP contribution in [-0.2, 0) is 15.6 Å². The number of aromatic carboxylic acids is 1. The minimum absolute atomic E-state index is 0.0622. The maximum atomic E-state index is 12.5. The second kappa shape index (κ2) is 5.98. The molecule has 0 atom stereocenters. The van der Waals surface area contributed by atoms with Crippen LogP contribution in [-0.4, -0.2) is 24.7 Å². The summed E-state index contributed by atoms with van der Waals surface area (Å²) < 4.78 is 29.9. The minimum Gasteiger partial charge on any atom is -0.478 e. The summed E-state index contributed by atoms with van der Waals surface area (Å²) in [4.78, 5) is 11.7. The fourth-order valence-corrected chi connectivity index (χ4v) is 4.74. The molecule has 1 N–H and O–H groups in total. The summed E-state index contributed by atoms with van der Waals surface area (Å²) in [7, 11) is -3.56. The van der Waals surface area contributed by atoms with Gasteiger partial charge in [-0.3, -0.25) is 0 Å². The Labute approximate surface area is 135 Å². The molecule has 3 rings (SSSR count). The smallest absolute Gasteiger partial charge is 0.335 e. The number of carbonyl (C=O) groups is 1. The van der Waals surface area contributed by atoms with Crippen molar-refractivity contribution in [2.75, 3.05) is 0 Å². The Morgan fingerprint density at radius 2 is 2.04 bits per heavy atom. The van der Waals surface area contributed by atoms with Crippen LogP contribution in [0.3, 0.4) is 0 Å². The number of rotatable bonds is 5. The van der Waals surface area contributed by atoms with Gasteiger partial charge in [0, 0.05) is 6.07 Å². The molecule has 0 aliphatic heterocycles. The van der Waals surface area contributed by atoms with Gasteiger partial charge in [0.2, 0.25) is 0 Å². The Kier molecular flexibility index (Phi) is 4.01. The topological polar surface area (TPSA) is 97.5 Å². The van der Waals surface area contributed by atoms with Gasteiger partial charge in [-0.15, -0.1) is 11.3 Å². The third-order valence-electron chi connectivity index (χ3n) is 3.11. The molecule has 0 saturated heterocycles. The predicted molar refractivity (Wildman–Crippen MR) is 84.1 cm³/mol. The number of hydrogen-bond donors (Lipinski definition) is 1. The lowest BCUT2D eigenvalue weighted by molar-refractivity contribution is 0.0696. The van der Waals surface area contributed by atoms with E-state index in [1.807, 2.05) is 0 Å². The first-order valence-corrected chi connectivity index (χ1v) is 8.98. The van der Waals surface area contributed by atoms with E-state index in [-0.39, 0.29) is 15.5 Å². The molecule has 2 heterocycles. The van der Waals surface area contributed by atoms with E-state index in [2.05, 4.69) is 5.16 Å². The van der Waals surface area contributed by atoms with Crippen molar-refractivity contribution in [2.45, 2.75) is 9.96 Å². The van der Waals surface area contributed by atoms with Crippen molar-refractivity contribution in [2.24, 2.45) is 0 Å². The zero-order valence-electron chi connectivity index (χ0n) is 11.7. The fourth-order valence-electron chi connectivity index (χ4n) is 2.05. The third kappa shape index (κ3) is 3.33. The van der Waals surface area contributed by atoms with E-state index < -0.39 is 15.8 Å². The van der Waals surface area contributed by atoms with E-state index in [4.69, 9.17) is 9.63 Å². The second-order valence-electron chi connectivity index (χ2n) is 4.77. The highest BCUT2D eigenvalue weighted by molar-refractivity contribution is 7.92. The summed E-state index contributed by atoms with van der Waals surface area (Å²) in [5, 5.41) is 12.7. The van der Waals surface area contributed by atoms with Crippen LogP contribution in [0.1, 0.15) is 15.9 Å². The standard InChI is InChI=1S/C15H11NO5S2/c17-15(18)11-3-1-2-10(8-11)9-23(19,20)14-5-4-13(22-14)12-6-7-21-16-12/h1-8H,9H2,(H,17,18). The van der Waals surface area contributed by atoms with Crippen molar-refractivity contribution >= 4 is 27.1 Å². The Hall–Kier alpha value is -2.45. The van der Waals surface area contributed by atoms with Crippen molar-refractivity contribution in [3.63, 3.8) is 0 Å². The van der Waals surface area contributed by atoms with E-state index in [9.17, 15) is 13.2 Å². The van der Waals surface area contributed by atoms with Crippen molar-refractivity contribution in [3.8, 4) is 10.6 Å². The van der Waals surface area contributed by atoms with Crippen molar-refractivity contribution < 1.29 is 22.8 Å². The molecule has 0 fully saturated rings. The van der Waals surface area contributed by atoms with E-state index in [1.165, 1.54) is 30.5 Å². The van der Waals surface area contributed by atoms with Crippen LogP contribution in [0.2, 0.25) is 0 Å². The highest BCUT2D eigenvalue weighted by Gasteiger charge is 2.19. The first kappa shape index (κ1) is 15.4. The lowest BCUT2D eigenvalue weighted by Crippen LogP contribution is -2.04. The first-order chi connectivity index (χ1) is 11.0. The lowest BCUT2D eigenvalue weighted by Gasteiger charge is -2.03. The summed E-state index contributed by atoms with van der Waals surface area (Å²) in [6, 6.07) is 10.8. The largest absolute Gasteiger partial charge is 0.478 e. The van der Waals surface area contributed by atoms with Gasteiger partial charge in [0.15, 0.2) is 9.84 Å². The summed E-state index contributed by atoms with van der Waals surface area (Å²) in [5.74, 6) is -1.35. The van der Waals surface area contributed by atoms with Gasteiger partial charge in [-0.25, -0.2) is 13.2 Å². The molecule has 8 heteroatoms. The number of carboxylic acids is 1. The highest BCUT2D eigenvalue weighted by atomic mass is 32.2. The first-order valence-electron chi connectivity index (χ1n) is 6.51. The number of carboxylic acid groups (broad SMARTS) is 1. The van der Waals surface area contributed by atoms with Gasteiger partial charge in [-0.2, -0.15) is 0 Å². The van der Waals surface area contributed by atoms with Gasteiger partial charge in [0.25, 0.3) is 0 Å². The molecule has 23 heavy (non-hydrogen) atoms. The molecule has 1 aromatic carbocycles. The number of thiophene rings is 1. The van der Waals surface area contributed by atoms with Gasteiger partial charge >= 0.3 is 5.97 Å². The molecule has 0 aliphatic rings. The Morgan fingerprint density at radius 3 is 2.74 bits per heavy atom. The van der Waals surface area contributed by atoms with Crippen LogP contribution in [0.4, 0.5) is 0 Å². The Bertz CT molecular complexity index is 942. The normalized spacial score (nSPS) is 11.5. The number of nitrogens with zero attached hydrogens (tertiary/aromatic N) is 1. The maximum absolute atomic E-state index is 12.5. The van der Waals surface area contributed by atoms with Gasteiger partial charge in [0.05, 0.1) is 16.2 Å². The van der Waals surface area contributed by atoms with Crippen molar-refractivity contribution in [1.29, 1.82) is 0 Å². The molecular formula is C15H11NO5S2. The SMILES string of the molecule is O=C(O)c1cccc(CS(=O)(=O)c2ccc(-c3ccon3)s2)c1. The number of hydrogen-bond acceptors (Lipinski definition) is 6. The Morgan fingerprint density at radius 1 is 1.22 bits per heavy atom. The summed E-state index contributed by atoms with van der Waals surface area (Å²) >= 11 is 1.10. The van der Waals surface area contributed by atoms with Crippen LogP contribution in [0.5, 0.6) is 0 Å². The Balaban J connectivity index is 1.87. The summed E-state index contributed by atoms with van der Waals surface area (Å²) in [6.45, 7) is 0. The molecule has 6 nitrogen and oxygen atoms in total. The molecular weight excluding hydrogens is 338 g/mol. The molecule has 118 valence electrons. The van der Waals surface area contributed by atoms with Crippen LogP contribution in [0.25, 0.3) is 10.6 Å². The molecule has 0 unspecified atom stereocenters. The lowest BCUT2D eigenvalue weighted by atomic mass is 10.1. The summed E-state index contributed by atoms with van der Waals surface area (Å²) in [5.41, 5.74) is 1.07. The molecule has 0 bridgehead atoms. The maximum Gasteiger partial charge on any atom is 0.335 e. The molecule has 0 saturated carbocycles. The predicted octanol–water partition coefficient (Wildman–Crippen LogP) is 3.08. The van der Waals surface area contributed by atoms with Crippen molar-refractivity contribution in [3.05, 3.63) is 59.9 Å². The van der Waals surface area contributed by atoms with Gasteiger partial charge in [-0.1, -0.05) is 17.3 Å². The number of aromatic nitrogens is 1. The highest BCUT2D eigenvalue weighted by Crippen LogP contribution is 2.31. The van der Waals surface area contributed by atoms with Gasteiger partial charge < -0.3 is 9.63 Å². The molecule has 0 amide bonds. The number of sulfone groups is 1. The van der Waals surface area contributed by atoms with Crippen LogP contribution >= 0.6 is 11.3 Å². The fraction of sp³-hybridized carbons (Fsp3) is 0.0667. The summed E-state index contributed by atoms with van der Waals surface area (Å²) in [6.07, 6.45) is 1.42. The average Bonchev–Trinajstić information content (AvgIpc) is 3.18. The monoisotopic (exact) mass is 349 g/mol. The third-order valence-corrected chi connectivity index (χ3v) is 6.49. The van der Waals surface area contributed by atoms with Crippen LogP contribution < -0.4 is 0 Å². The molecule has 0 aliphatic carbocycles. The zero-order chi connectivity index (χ0) is 16.4. The van der Waals surface area contributed by atoms with E-state index in [0.717, 1.165) is 11.3 Å². The molecule has 0 radical (unpaired) electrons. The van der Waals surface area contributed by atoms with E-state index >= 15 is 0 Å². The minimum atomic E-state index is -3.56. The average molecular weight is 349 g/mol. The number of benzene rings is 1. The van der Waals surface area contributed by atoms with Crippen LogP contribution in [0.15, 0.2) is 57.5 Å². The molecule has 0 spiro atoms. The zero-order valence-corrected chi connectivity index (χ0v) is 13.3. The van der Waals surface area contributed by atoms with Crippen molar-refractivity contribution in [1.82, 2.24) is 5.16 Å². The second-order valence-corrected chi connectivity index (χ2v) is 8.07. The molecule has 3 aromatic rings. The van der Waals surface area contributed by atoms with E-state index in [0.29, 0.717) is 16.1 Å².